The summed E-state index contributed by atoms with van der Waals surface area (Å²) >= 11 is 1.75. The van der Waals surface area contributed by atoms with Crippen molar-refractivity contribution in [1.29, 1.82) is 0 Å². The predicted octanol–water partition coefficient (Wildman–Crippen LogP) is 2.30. The van der Waals surface area contributed by atoms with Crippen molar-refractivity contribution in [2.24, 2.45) is 5.73 Å². The molecule has 1 heterocycles. The van der Waals surface area contributed by atoms with Crippen molar-refractivity contribution in [2.45, 2.75) is 25.8 Å². The molecule has 1 unspecified atom stereocenters. The van der Waals surface area contributed by atoms with Crippen LogP contribution in [-0.2, 0) is 11.2 Å². The van der Waals surface area contributed by atoms with Gasteiger partial charge >= 0.3 is 0 Å². The van der Waals surface area contributed by atoms with Crippen molar-refractivity contribution in [2.75, 3.05) is 6.54 Å². The summed E-state index contributed by atoms with van der Waals surface area (Å²) in [6, 6.07) is 8.27. The highest BCUT2D eigenvalue weighted by Crippen LogP contribution is 2.25. The van der Waals surface area contributed by atoms with E-state index in [2.05, 4.69) is 22.8 Å². The van der Waals surface area contributed by atoms with Gasteiger partial charge < -0.3 is 11.1 Å². The van der Waals surface area contributed by atoms with E-state index in [1.807, 2.05) is 19.1 Å². The van der Waals surface area contributed by atoms with E-state index in [0.717, 1.165) is 6.42 Å². The molecule has 2 rings (SSSR count). The molecule has 1 aromatic heterocycles. The van der Waals surface area contributed by atoms with Crippen molar-refractivity contribution in [1.82, 2.24) is 5.32 Å². The van der Waals surface area contributed by atoms with Crippen LogP contribution in [0.5, 0.6) is 0 Å². The minimum absolute atomic E-state index is 0.0320. The molecular weight excluding hydrogens is 244 g/mol. The van der Waals surface area contributed by atoms with Gasteiger partial charge in [-0.15, -0.1) is 11.3 Å². The second-order valence-electron chi connectivity index (χ2n) is 4.54. The number of rotatable bonds is 5. The van der Waals surface area contributed by atoms with Gasteiger partial charge in [-0.1, -0.05) is 18.2 Å². The van der Waals surface area contributed by atoms with Gasteiger partial charge in [0.1, 0.15) is 0 Å². The minimum Gasteiger partial charge on any atom is -0.356 e. The van der Waals surface area contributed by atoms with Crippen LogP contribution in [0.3, 0.4) is 0 Å². The molecule has 0 fully saturated rings. The third-order valence-electron chi connectivity index (χ3n) is 2.79. The summed E-state index contributed by atoms with van der Waals surface area (Å²) in [6.45, 7) is 2.51. The van der Waals surface area contributed by atoms with Gasteiger partial charge in [-0.3, -0.25) is 4.79 Å². The molecule has 0 bridgehead atoms. The van der Waals surface area contributed by atoms with Crippen LogP contribution in [0.15, 0.2) is 29.6 Å². The molecule has 1 atom stereocenters. The topological polar surface area (TPSA) is 55.1 Å². The van der Waals surface area contributed by atoms with Gasteiger partial charge in [-0.2, -0.15) is 0 Å². The van der Waals surface area contributed by atoms with E-state index in [9.17, 15) is 4.79 Å². The number of nitrogens with one attached hydrogen (secondary N) is 1. The monoisotopic (exact) mass is 262 g/mol. The zero-order chi connectivity index (χ0) is 13.0. The fraction of sp³-hybridized carbons (Fsp3) is 0.357. The molecule has 18 heavy (non-hydrogen) atoms. The van der Waals surface area contributed by atoms with E-state index in [-0.39, 0.29) is 11.9 Å². The largest absolute Gasteiger partial charge is 0.356 e. The Hall–Kier alpha value is -1.39. The number of thiophene rings is 1. The zero-order valence-electron chi connectivity index (χ0n) is 10.5. The van der Waals surface area contributed by atoms with Crippen molar-refractivity contribution in [3.8, 4) is 0 Å². The molecule has 0 radical (unpaired) electrons. The van der Waals surface area contributed by atoms with Gasteiger partial charge in [-0.25, -0.2) is 0 Å². The number of carbonyl (C=O) groups excluding carboxylic acids is 1. The Balaban J connectivity index is 1.89. The molecule has 4 heteroatoms. The normalized spacial score (nSPS) is 12.6. The summed E-state index contributed by atoms with van der Waals surface area (Å²) in [4.78, 5) is 11.5. The summed E-state index contributed by atoms with van der Waals surface area (Å²) in [5.41, 5.74) is 6.88. The number of nitrogens with two attached hydrogens (primary N) is 1. The fourth-order valence-electron chi connectivity index (χ4n) is 1.93. The highest BCUT2D eigenvalue weighted by atomic mass is 32.1. The number of benzene rings is 1. The van der Waals surface area contributed by atoms with E-state index in [1.165, 1.54) is 15.6 Å². The van der Waals surface area contributed by atoms with E-state index >= 15 is 0 Å². The van der Waals surface area contributed by atoms with Crippen molar-refractivity contribution in [3.63, 3.8) is 0 Å². The summed E-state index contributed by atoms with van der Waals surface area (Å²) in [6.07, 6.45) is 1.26. The Kier molecular flexibility index (Phi) is 4.33. The second kappa shape index (κ2) is 5.98. The lowest BCUT2D eigenvalue weighted by Gasteiger charge is -2.06. The molecule has 2 aromatic rings. The van der Waals surface area contributed by atoms with Crippen LogP contribution in [0.25, 0.3) is 10.1 Å². The number of hydrogen-bond acceptors (Lipinski definition) is 3. The first-order chi connectivity index (χ1) is 8.66. The van der Waals surface area contributed by atoms with Gasteiger partial charge in [0.05, 0.1) is 0 Å². The number of carbonyl (C=O) groups is 1. The number of fused-ring (bicyclic) bond motifs is 1. The lowest BCUT2D eigenvalue weighted by atomic mass is 10.1. The van der Waals surface area contributed by atoms with Crippen LogP contribution in [-0.4, -0.2) is 18.5 Å². The summed E-state index contributed by atoms with van der Waals surface area (Å²) in [5, 5.41) is 6.37. The molecule has 0 aliphatic carbocycles. The second-order valence-corrected chi connectivity index (χ2v) is 5.45. The van der Waals surface area contributed by atoms with E-state index < -0.39 is 0 Å². The quantitative estimate of drug-likeness (QED) is 0.868. The summed E-state index contributed by atoms with van der Waals surface area (Å²) in [7, 11) is 0. The van der Waals surface area contributed by atoms with E-state index in [1.54, 1.807) is 11.3 Å². The Bertz CT molecular complexity index is 533. The van der Waals surface area contributed by atoms with Gasteiger partial charge in [0, 0.05) is 23.7 Å². The van der Waals surface area contributed by atoms with Crippen LogP contribution in [0.2, 0.25) is 0 Å². The molecule has 3 N–H and O–H groups in total. The van der Waals surface area contributed by atoms with Gasteiger partial charge in [-0.05, 0) is 35.7 Å². The molecule has 1 aromatic carbocycles. The lowest BCUT2D eigenvalue weighted by molar-refractivity contribution is -0.121. The van der Waals surface area contributed by atoms with Gasteiger partial charge in [0.2, 0.25) is 5.91 Å². The fourth-order valence-corrected chi connectivity index (χ4v) is 2.92. The lowest BCUT2D eigenvalue weighted by Crippen LogP contribution is -2.31. The summed E-state index contributed by atoms with van der Waals surface area (Å²) in [5.74, 6) is 0.0320. The molecule has 1 amide bonds. The maximum absolute atomic E-state index is 11.5. The van der Waals surface area contributed by atoms with Crippen molar-refractivity contribution >= 4 is 27.3 Å². The van der Waals surface area contributed by atoms with Crippen molar-refractivity contribution in [3.05, 3.63) is 35.2 Å². The third-order valence-corrected chi connectivity index (χ3v) is 3.80. The molecule has 0 saturated carbocycles. The molecule has 96 valence electrons. The summed E-state index contributed by atoms with van der Waals surface area (Å²) < 4.78 is 1.30. The van der Waals surface area contributed by atoms with Gasteiger partial charge in [0.15, 0.2) is 0 Å². The van der Waals surface area contributed by atoms with Crippen molar-refractivity contribution < 1.29 is 4.79 Å². The van der Waals surface area contributed by atoms with Crippen LogP contribution < -0.4 is 11.1 Å². The first kappa shape index (κ1) is 13.1. The first-order valence-corrected chi connectivity index (χ1v) is 7.02. The van der Waals surface area contributed by atoms with Crippen LogP contribution in [0, 0.1) is 0 Å². The van der Waals surface area contributed by atoms with Crippen LogP contribution >= 0.6 is 11.3 Å². The number of amides is 1. The molecule has 0 saturated heterocycles. The van der Waals surface area contributed by atoms with E-state index in [0.29, 0.717) is 13.0 Å². The smallest absolute Gasteiger partial charge is 0.221 e. The third kappa shape index (κ3) is 3.31. The van der Waals surface area contributed by atoms with Crippen LogP contribution in [0.4, 0.5) is 0 Å². The minimum atomic E-state index is -0.0769. The molecular formula is C14H18N2OS. The van der Waals surface area contributed by atoms with Crippen LogP contribution in [0.1, 0.15) is 18.9 Å². The zero-order valence-corrected chi connectivity index (χ0v) is 11.3. The highest BCUT2D eigenvalue weighted by Gasteiger charge is 2.06. The number of hydrogen-bond donors (Lipinski definition) is 2. The molecule has 3 nitrogen and oxygen atoms in total. The maximum atomic E-state index is 11.5. The predicted molar refractivity (Wildman–Crippen MR) is 76.8 cm³/mol. The Morgan fingerprint density at radius 1 is 1.44 bits per heavy atom. The highest BCUT2D eigenvalue weighted by molar-refractivity contribution is 7.17. The Morgan fingerprint density at radius 2 is 2.22 bits per heavy atom. The molecule has 0 aliphatic rings. The average molecular weight is 262 g/mol. The molecule has 0 spiro atoms. The Morgan fingerprint density at radius 3 is 3.00 bits per heavy atom. The Labute approximate surface area is 111 Å². The maximum Gasteiger partial charge on any atom is 0.221 e. The molecule has 0 aliphatic heterocycles. The average Bonchev–Trinajstić information content (AvgIpc) is 2.72. The standard InChI is InChI=1S/C14H18N2OS/c1-10(15)8-14(17)16-7-6-11-9-18-13-5-3-2-4-12(11)13/h2-5,9-10H,6-8,15H2,1H3,(H,16,17). The van der Waals surface area contributed by atoms with Gasteiger partial charge in [0.25, 0.3) is 0 Å². The van der Waals surface area contributed by atoms with E-state index in [4.69, 9.17) is 5.73 Å². The first-order valence-electron chi connectivity index (χ1n) is 6.14. The SMILES string of the molecule is CC(N)CC(=O)NCCc1csc2ccccc12.